The molecule has 314 valence electrons. The molecule has 0 bridgehead atoms. The fourth-order valence-electron chi connectivity index (χ4n) is 7.03. The van der Waals surface area contributed by atoms with Crippen LogP contribution < -0.4 is 0 Å². The van der Waals surface area contributed by atoms with Crippen LogP contribution in [0.5, 0.6) is 0 Å². The van der Waals surface area contributed by atoms with Crippen LogP contribution in [0.15, 0.2) is 0 Å². The number of hydrogen-bond donors (Lipinski definition) is 0. The van der Waals surface area contributed by atoms with E-state index in [1.54, 1.807) is 0 Å². The first-order valence-corrected chi connectivity index (χ1v) is 23.5. The van der Waals surface area contributed by atoms with Crippen LogP contribution in [0.25, 0.3) is 0 Å². The van der Waals surface area contributed by atoms with E-state index in [-0.39, 0.29) is 31.1 Å². The Morgan fingerprint density at radius 3 is 0.755 bits per heavy atom. The highest BCUT2D eigenvalue weighted by atomic mass is 16.6. The number of ether oxygens (including phenoxy) is 3. The van der Waals surface area contributed by atoms with E-state index in [9.17, 15) is 14.4 Å². The van der Waals surface area contributed by atoms with Gasteiger partial charge in [-0.25, -0.2) is 0 Å². The normalized spacial score (nSPS) is 11.8. The molecular formula is C47H90O6. The highest BCUT2D eigenvalue weighted by Gasteiger charge is 2.19. The molecule has 6 heteroatoms. The van der Waals surface area contributed by atoms with Crippen molar-refractivity contribution in [3.8, 4) is 0 Å². The molecule has 53 heavy (non-hydrogen) atoms. The van der Waals surface area contributed by atoms with Gasteiger partial charge in [0.05, 0.1) is 0 Å². The molecule has 0 aliphatic carbocycles. The standard InChI is InChI=1S/C47H90O6/c1-4-7-10-13-16-19-22-23-24-26-29-32-35-38-41-47(50)53-44(42-51-45(48)39-36-33-30-27-21-18-15-12-9-6-3)43-52-46(49)40-37-34-31-28-25-20-17-14-11-8-5-2/h44H,4-43H2,1-3H3/t44-/m1/s1. The van der Waals surface area contributed by atoms with Crippen molar-refractivity contribution >= 4 is 17.9 Å². The Morgan fingerprint density at radius 2 is 0.509 bits per heavy atom. The van der Waals surface area contributed by atoms with Gasteiger partial charge in [-0.05, 0) is 19.3 Å². The van der Waals surface area contributed by atoms with Gasteiger partial charge in [0.15, 0.2) is 6.10 Å². The molecule has 1 atom stereocenters. The van der Waals surface area contributed by atoms with E-state index >= 15 is 0 Å². The van der Waals surface area contributed by atoms with Crippen molar-refractivity contribution in [3.63, 3.8) is 0 Å². The summed E-state index contributed by atoms with van der Waals surface area (Å²) in [7, 11) is 0. The van der Waals surface area contributed by atoms with Crippen LogP contribution in [0.1, 0.15) is 265 Å². The summed E-state index contributed by atoms with van der Waals surface area (Å²) < 4.78 is 16.7. The number of hydrogen-bond acceptors (Lipinski definition) is 6. The van der Waals surface area contributed by atoms with Gasteiger partial charge in [0.25, 0.3) is 0 Å². The van der Waals surface area contributed by atoms with Crippen LogP contribution in [0.3, 0.4) is 0 Å². The molecule has 0 saturated heterocycles. The van der Waals surface area contributed by atoms with E-state index in [1.165, 1.54) is 167 Å². The summed E-state index contributed by atoms with van der Waals surface area (Å²) in [6.07, 6.45) is 43.6. The van der Waals surface area contributed by atoms with Gasteiger partial charge in [0.2, 0.25) is 0 Å². The highest BCUT2D eigenvalue weighted by Crippen LogP contribution is 2.16. The Balaban J connectivity index is 4.31. The summed E-state index contributed by atoms with van der Waals surface area (Å²) in [5, 5.41) is 0. The summed E-state index contributed by atoms with van der Waals surface area (Å²) in [5.74, 6) is -0.850. The van der Waals surface area contributed by atoms with Crippen molar-refractivity contribution in [1.82, 2.24) is 0 Å². The zero-order valence-corrected chi connectivity index (χ0v) is 35.8. The number of carbonyl (C=O) groups is 3. The van der Waals surface area contributed by atoms with Gasteiger partial charge >= 0.3 is 17.9 Å². The largest absolute Gasteiger partial charge is 0.462 e. The average molecular weight is 751 g/mol. The quantitative estimate of drug-likeness (QED) is 0.0351. The Bertz CT molecular complexity index is 783. The molecule has 0 aromatic rings. The lowest BCUT2D eigenvalue weighted by Gasteiger charge is -2.18. The van der Waals surface area contributed by atoms with Gasteiger partial charge < -0.3 is 14.2 Å². The van der Waals surface area contributed by atoms with Crippen molar-refractivity contribution in [3.05, 3.63) is 0 Å². The molecule has 0 unspecified atom stereocenters. The third-order valence-electron chi connectivity index (χ3n) is 10.6. The van der Waals surface area contributed by atoms with Gasteiger partial charge in [-0.3, -0.25) is 14.4 Å². The Morgan fingerprint density at radius 1 is 0.302 bits per heavy atom. The van der Waals surface area contributed by atoms with Crippen molar-refractivity contribution in [2.45, 2.75) is 271 Å². The van der Waals surface area contributed by atoms with Crippen LogP contribution in [0, 0.1) is 0 Å². The molecule has 0 saturated carbocycles. The van der Waals surface area contributed by atoms with Gasteiger partial charge in [0, 0.05) is 19.3 Å². The lowest BCUT2D eigenvalue weighted by molar-refractivity contribution is -0.167. The Hall–Kier alpha value is -1.59. The van der Waals surface area contributed by atoms with Crippen LogP contribution in [-0.4, -0.2) is 37.2 Å². The number of esters is 3. The molecule has 0 amide bonds. The monoisotopic (exact) mass is 751 g/mol. The molecule has 0 aliphatic heterocycles. The zero-order valence-electron chi connectivity index (χ0n) is 35.8. The SMILES string of the molecule is CCCCCCCCCCCCCCCCC(=O)O[C@H](COC(=O)CCCCCCCCCCCC)COC(=O)CCCCCCCCCCCCC. The second-order valence-corrected chi connectivity index (χ2v) is 16.0. The van der Waals surface area contributed by atoms with Crippen LogP contribution in [0.2, 0.25) is 0 Å². The van der Waals surface area contributed by atoms with Crippen LogP contribution in [-0.2, 0) is 28.6 Å². The predicted molar refractivity (Wildman–Crippen MR) is 224 cm³/mol. The van der Waals surface area contributed by atoms with E-state index in [0.29, 0.717) is 19.3 Å². The molecule has 0 aliphatic rings. The van der Waals surface area contributed by atoms with Gasteiger partial charge in [-0.15, -0.1) is 0 Å². The third kappa shape index (κ3) is 41.4. The maximum atomic E-state index is 12.7. The molecule has 0 aromatic carbocycles. The average Bonchev–Trinajstić information content (AvgIpc) is 3.15. The summed E-state index contributed by atoms with van der Waals surface area (Å²) in [4.78, 5) is 37.7. The molecule has 0 fully saturated rings. The summed E-state index contributed by atoms with van der Waals surface area (Å²) in [5.41, 5.74) is 0. The van der Waals surface area contributed by atoms with E-state index in [1.807, 2.05) is 0 Å². The Labute approximate surface area is 329 Å². The van der Waals surface area contributed by atoms with E-state index in [4.69, 9.17) is 14.2 Å². The van der Waals surface area contributed by atoms with E-state index < -0.39 is 6.10 Å². The highest BCUT2D eigenvalue weighted by molar-refractivity contribution is 5.71. The molecule has 0 rings (SSSR count). The minimum Gasteiger partial charge on any atom is -0.462 e. The van der Waals surface area contributed by atoms with E-state index in [0.717, 1.165) is 57.8 Å². The van der Waals surface area contributed by atoms with Gasteiger partial charge in [-0.2, -0.15) is 0 Å². The van der Waals surface area contributed by atoms with Crippen molar-refractivity contribution in [2.75, 3.05) is 13.2 Å². The lowest BCUT2D eigenvalue weighted by Crippen LogP contribution is -2.30. The summed E-state index contributed by atoms with van der Waals surface area (Å²) in [6, 6.07) is 0. The first-order valence-electron chi connectivity index (χ1n) is 23.5. The molecule has 6 nitrogen and oxygen atoms in total. The fraction of sp³-hybridized carbons (Fsp3) is 0.936. The minimum absolute atomic E-state index is 0.0626. The maximum absolute atomic E-state index is 12.7. The number of carbonyl (C=O) groups excluding carboxylic acids is 3. The Kier molecular flexibility index (Phi) is 41.8. The number of unbranched alkanes of at least 4 members (excludes halogenated alkanes) is 32. The van der Waals surface area contributed by atoms with Crippen molar-refractivity contribution in [2.24, 2.45) is 0 Å². The molecule has 0 spiro atoms. The number of rotatable bonds is 43. The van der Waals surface area contributed by atoms with Gasteiger partial charge in [0.1, 0.15) is 13.2 Å². The third-order valence-corrected chi connectivity index (χ3v) is 10.6. The molecular weight excluding hydrogens is 661 g/mol. The zero-order chi connectivity index (χ0) is 38.7. The second kappa shape index (κ2) is 43.1. The molecule has 0 N–H and O–H groups in total. The predicted octanol–water partition coefficient (Wildman–Crippen LogP) is 14.9. The summed E-state index contributed by atoms with van der Waals surface area (Å²) in [6.45, 7) is 6.64. The van der Waals surface area contributed by atoms with Crippen LogP contribution >= 0.6 is 0 Å². The molecule has 0 heterocycles. The van der Waals surface area contributed by atoms with Crippen molar-refractivity contribution in [1.29, 1.82) is 0 Å². The minimum atomic E-state index is -0.757. The molecule has 0 aromatic heterocycles. The summed E-state index contributed by atoms with van der Waals surface area (Å²) >= 11 is 0. The topological polar surface area (TPSA) is 78.9 Å². The molecule has 0 radical (unpaired) electrons. The fourth-order valence-corrected chi connectivity index (χ4v) is 7.03. The van der Waals surface area contributed by atoms with Crippen molar-refractivity contribution < 1.29 is 28.6 Å². The first kappa shape index (κ1) is 51.4. The smallest absolute Gasteiger partial charge is 0.306 e. The first-order chi connectivity index (χ1) is 26.0. The van der Waals surface area contributed by atoms with Gasteiger partial charge in [-0.1, -0.05) is 226 Å². The van der Waals surface area contributed by atoms with Crippen LogP contribution in [0.4, 0.5) is 0 Å². The lowest BCUT2D eigenvalue weighted by atomic mass is 10.0. The van der Waals surface area contributed by atoms with E-state index in [2.05, 4.69) is 20.8 Å². The maximum Gasteiger partial charge on any atom is 0.306 e. The second-order valence-electron chi connectivity index (χ2n) is 16.0.